The summed E-state index contributed by atoms with van der Waals surface area (Å²) in [6.45, 7) is 2.08. The summed E-state index contributed by atoms with van der Waals surface area (Å²) < 4.78 is 10.7. The zero-order valence-electron chi connectivity index (χ0n) is 11.3. The number of hydrogen-bond donors (Lipinski definition) is 0. The van der Waals surface area contributed by atoms with Gasteiger partial charge in [-0.1, -0.05) is 45.8 Å². The third kappa shape index (κ3) is 3.10. The highest BCUT2D eigenvalue weighted by molar-refractivity contribution is 9.09. The molecule has 0 aliphatic heterocycles. The Morgan fingerprint density at radius 3 is 2.47 bits per heavy atom. The second-order valence-electron chi connectivity index (χ2n) is 4.38. The number of benzene rings is 2. The Hall–Kier alpha value is -1.48. The van der Waals surface area contributed by atoms with Crippen molar-refractivity contribution in [2.75, 3.05) is 14.2 Å². The smallest absolute Gasteiger partial charge is 0.123 e. The Morgan fingerprint density at radius 1 is 1.00 bits per heavy atom. The van der Waals surface area contributed by atoms with E-state index in [-0.39, 0.29) is 4.83 Å². The first kappa shape index (κ1) is 13.9. The van der Waals surface area contributed by atoms with Gasteiger partial charge in [0.15, 0.2) is 0 Å². The summed E-state index contributed by atoms with van der Waals surface area (Å²) in [4.78, 5) is 0.0810. The van der Waals surface area contributed by atoms with Crippen LogP contribution in [-0.2, 0) is 0 Å². The summed E-state index contributed by atoms with van der Waals surface area (Å²) in [5.41, 5.74) is 3.47. The van der Waals surface area contributed by atoms with Crippen LogP contribution in [0.5, 0.6) is 11.5 Å². The first-order chi connectivity index (χ1) is 9.15. The summed E-state index contributed by atoms with van der Waals surface area (Å²) in [7, 11) is 3.37. The molecule has 0 spiro atoms. The van der Waals surface area contributed by atoms with Crippen LogP contribution < -0.4 is 9.47 Å². The number of methoxy groups -OCH3 is 2. The van der Waals surface area contributed by atoms with Crippen LogP contribution >= 0.6 is 15.9 Å². The van der Waals surface area contributed by atoms with E-state index in [1.807, 2.05) is 30.3 Å². The van der Waals surface area contributed by atoms with E-state index in [4.69, 9.17) is 9.47 Å². The predicted octanol–water partition coefficient (Wildman–Crippen LogP) is 4.50. The van der Waals surface area contributed by atoms with Gasteiger partial charge in [-0.15, -0.1) is 0 Å². The van der Waals surface area contributed by atoms with Crippen molar-refractivity contribution in [1.82, 2.24) is 0 Å². The molecule has 0 bridgehead atoms. The zero-order chi connectivity index (χ0) is 13.8. The van der Waals surface area contributed by atoms with Gasteiger partial charge < -0.3 is 9.47 Å². The van der Waals surface area contributed by atoms with E-state index in [1.54, 1.807) is 14.2 Å². The number of ether oxygens (including phenoxy) is 2. The minimum atomic E-state index is 0.0810. The van der Waals surface area contributed by atoms with Gasteiger partial charge in [0.2, 0.25) is 0 Å². The molecule has 0 radical (unpaired) electrons. The van der Waals surface area contributed by atoms with E-state index < -0.39 is 0 Å². The molecule has 0 fully saturated rings. The Morgan fingerprint density at radius 2 is 1.79 bits per heavy atom. The van der Waals surface area contributed by atoms with Gasteiger partial charge in [-0.25, -0.2) is 0 Å². The second kappa shape index (κ2) is 6.11. The number of rotatable bonds is 4. The molecule has 3 heteroatoms. The van der Waals surface area contributed by atoms with E-state index in [9.17, 15) is 0 Å². The standard InChI is InChI=1S/C16H17BrO2/c1-11-7-8-15(19-3)14(9-11)16(17)12-5-4-6-13(10-12)18-2/h4-10,16H,1-3H3. The minimum absolute atomic E-state index is 0.0810. The maximum Gasteiger partial charge on any atom is 0.123 e. The number of halogens is 1. The monoisotopic (exact) mass is 320 g/mol. The van der Waals surface area contributed by atoms with Crippen LogP contribution in [0.4, 0.5) is 0 Å². The second-order valence-corrected chi connectivity index (χ2v) is 5.30. The maximum atomic E-state index is 5.44. The van der Waals surface area contributed by atoms with Crippen LogP contribution in [0.1, 0.15) is 21.5 Å². The molecule has 19 heavy (non-hydrogen) atoms. The topological polar surface area (TPSA) is 18.5 Å². The van der Waals surface area contributed by atoms with E-state index in [2.05, 4.69) is 35.0 Å². The molecule has 0 amide bonds. The molecular formula is C16H17BrO2. The zero-order valence-corrected chi connectivity index (χ0v) is 12.9. The van der Waals surface area contributed by atoms with Gasteiger partial charge in [0, 0.05) is 5.56 Å². The van der Waals surface area contributed by atoms with E-state index in [1.165, 1.54) is 5.56 Å². The van der Waals surface area contributed by atoms with Gasteiger partial charge in [0.1, 0.15) is 11.5 Å². The number of hydrogen-bond acceptors (Lipinski definition) is 2. The van der Waals surface area contributed by atoms with E-state index in [0.29, 0.717) is 0 Å². The Balaban J connectivity index is 2.42. The Bertz CT molecular complexity index is 566. The molecule has 2 aromatic carbocycles. The predicted molar refractivity (Wildman–Crippen MR) is 81.5 cm³/mol. The van der Waals surface area contributed by atoms with Crippen LogP contribution in [-0.4, -0.2) is 14.2 Å². The highest BCUT2D eigenvalue weighted by Crippen LogP contribution is 2.37. The first-order valence-electron chi connectivity index (χ1n) is 6.08. The molecule has 0 aromatic heterocycles. The van der Waals surface area contributed by atoms with Crippen LogP contribution in [0, 0.1) is 6.92 Å². The fourth-order valence-corrected chi connectivity index (χ4v) is 2.67. The molecule has 2 aromatic rings. The first-order valence-corrected chi connectivity index (χ1v) is 7.00. The fraction of sp³-hybridized carbons (Fsp3) is 0.250. The van der Waals surface area contributed by atoms with Crippen molar-refractivity contribution in [2.24, 2.45) is 0 Å². The molecule has 0 saturated carbocycles. The summed E-state index contributed by atoms with van der Waals surface area (Å²) in [5.74, 6) is 1.74. The highest BCUT2D eigenvalue weighted by atomic mass is 79.9. The third-order valence-corrected chi connectivity index (χ3v) is 4.07. The van der Waals surface area contributed by atoms with E-state index >= 15 is 0 Å². The van der Waals surface area contributed by atoms with Crippen LogP contribution in [0.3, 0.4) is 0 Å². The molecule has 1 unspecified atom stereocenters. The molecule has 0 heterocycles. The molecule has 0 saturated heterocycles. The number of aryl methyl sites for hydroxylation is 1. The summed E-state index contributed by atoms with van der Waals surface area (Å²) in [6, 6.07) is 14.2. The van der Waals surface area contributed by atoms with Crippen LogP contribution in [0.2, 0.25) is 0 Å². The highest BCUT2D eigenvalue weighted by Gasteiger charge is 2.16. The average molecular weight is 321 g/mol. The summed E-state index contributed by atoms with van der Waals surface area (Å²) in [6.07, 6.45) is 0. The van der Waals surface area contributed by atoms with Crippen molar-refractivity contribution >= 4 is 15.9 Å². The Kier molecular flexibility index (Phi) is 4.48. The lowest BCUT2D eigenvalue weighted by Gasteiger charge is -2.16. The molecule has 2 nitrogen and oxygen atoms in total. The maximum absolute atomic E-state index is 5.44. The van der Waals surface area contributed by atoms with Crippen molar-refractivity contribution in [3.63, 3.8) is 0 Å². The van der Waals surface area contributed by atoms with Gasteiger partial charge in [-0.2, -0.15) is 0 Å². The molecule has 0 N–H and O–H groups in total. The van der Waals surface area contributed by atoms with Gasteiger partial charge in [-0.05, 0) is 30.7 Å². The van der Waals surface area contributed by atoms with Crippen molar-refractivity contribution in [3.8, 4) is 11.5 Å². The average Bonchev–Trinajstić information content (AvgIpc) is 2.46. The van der Waals surface area contributed by atoms with Gasteiger partial charge in [-0.3, -0.25) is 0 Å². The molecule has 0 aliphatic carbocycles. The molecule has 2 rings (SSSR count). The van der Waals surface area contributed by atoms with E-state index in [0.717, 1.165) is 22.6 Å². The lowest BCUT2D eigenvalue weighted by molar-refractivity contribution is 0.409. The van der Waals surface area contributed by atoms with Gasteiger partial charge >= 0.3 is 0 Å². The van der Waals surface area contributed by atoms with Gasteiger partial charge in [0.05, 0.1) is 19.0 Å². The van der Waals surface area contributed by atoms with Crippen molar-refractivity contribution in [1.29, 1.82) is 0 Å². The minimum Gasteiger partial charge on any atom is -0.497 e. The molecular weight excluding hydrogens is 304 g/mol. The molecule has 100 valence electrons. The number of alkyl halides is 1. The normalized spacial score (nSPS) is 12.0. The lowest BCUT2D eigenvalue weighted by Crippen LogP contribution is -1.98. The van der Waals surface area contributed by atoms with Gasteiger partial charge in [0.25, 0.3) is 0 Å². The van der Waals surface area contributed by atoms with Crippen molar-refractivity contribution in [3.05, 3.63) is 59.2 Å². The van der Waals surface area contributed by atoms with Crippen molar-refractivity contribution < 1.29 is 9.47 Å². The van der Waals surface area contributed by atoms with Crippen molar-refractivity contribution in [2.45, 2.75) is 11.8 Å². The van der Waals surface area contributed by atoms with Crippen LogP contribution in [0.15, 0.2) is 42.5 Å². The van der Waals surface area contributed by atoms with Crippen LogP contribution in [0.25, 0.3) is 0 Å². The Labute approximate surface area is 122 Å². The SMILES string of the molecule is COc1cccc(C(Br)c2cc(C)ccc2OC)c1. The summed E-state index contributed by atoms with van der Waals surface area (Å²) in [5, 5.41) is 0. The lowest BCUT2D eigenvalue weighted by atomic mass is 10.0. The molecule has 1 atom stereocenters. The largest absolute Gasteiger partial charge is 0.497 e. The summed E-state index contributed by atoms with van der Waals surface area (Å²) >= 11 is 3.75. The quantitative estimate of drug-likeness (QED) is 0.772. The molecule has 0 aliphatic rings. The third-order valence-electron chi connectivity index (χ3n) is 3.04. The fourth-order valence-electron chi connectivity index (χ4n) is 2.03.